The van der Waals surface area contributed by atoms with E-state index in [2.05, 4.69) is 10.6 Å². The molecule has 12 nitrogen and oxygen atoms in total. The van der Waals surface area contributed by atoms with Crippen LogP contribution >= 0.6 is 0 Å². The lowest BCUT2D eigenvalue weighted by atomic mass is 9.57. The van der Waals surface area contributed by atoms with Gasteiger partial charge in [-0.25, -0.2) is 4.39 Å². The summed E-state index contributed by atoms with van der Waals surface area (Å²) in [5.74, 6) is -9.65. The third kappa shape index (κ3) is 3.75. The minimum atomic E-state index is -2.79. The van der Waals surface area contributed by atoms with Gasteiger partial charge in [0.15, 0.2) is 17.1 Å². The Balaban J connectivity index is 1.64. The lowest BCUT2D eigenvalue weighted by Crippen LogP contribution is -2.65. The molecule has 0 spiro atoms. The number of phenols is 1. The van der Waals surface area contributed by atoms with Crippen molar-refractivity contribution in [2.45, 2.75) is 43.4 Å². The van der Waals surface area contributed by atoms with Crippen LogP contribution in [0.5, 0.6) is 5.75 Å². The molecule has 0 radical (unpaired) electrons. The number of nitrogens with two attached hydrogens (primary N) is 1. The zero-order chi connectivity index (χ0) is 28.5. The summed E-state index contributed by atoms with van der Waals surface area (Å²) in [6.07, 6.45) is 0.970. The average molecular weight is 545 g/mol. The average Bonchev–Trinajstić information content (AvgIpc) is 3.39. The molecule has 1 heterocycles. The van der Waals surface area contributed by atoms with Crippen molar-refractivity contribution >= 4 is 34.8 Å². The van der Waals surface area contributed by atoms with Gasteiger partial charge in [-0.2, -0.15) is 0 Å². The standard InChI is InChI=1S/C26H29FN4O8/c1-31(2)18-11-7-9-6-10-12(27)8-14(30-25(38)13-4-3-5-29-13)19(32)16(10)20(33)15(9)22(35)26(11,39)23(36)17(21(18)34)24(28)37/h8-9,11,13,18,29,32-33,36,39H,3-7H2,1-2H3,(H2,28,37)(H,30,38)/t9-,11-,13+,18-,26-/m0/s1. The maximum atomic E-state index is 15.3. The number of rotatable bonds is 4. The molecule has 1 aromatic rings. The zero-order valence-electron chi connectivity index (χ0n) is 21.2. The van der Waals surface area contributed by atoms with Gasteiger partial charge in [-0.05, 0) is 52.2 Å². The summed E-state index contributed by atoms with van der Waals surface area (Å²) < 4.78 is 15.3. The van der Waals surface area contributed by atoms with Crippen LogP contribution in [0.2, 0.25) is 0 Å². The number of Topliss-reactive ketones (excluding diaryl/α,β-unsaturated/α-hetero) is 2. The Bertz CT molecular complexity index is 1400. The van der Waals surface area contributed by atoms with Crippen molar-refractivity contribution in [3.05, 3.63) is 39.9 Å². The SMILES string of the molecule is CN(C)[C@@H]1C(=O)C(C(N)=O)=C(O)[C@@]2(O)C(=O)C3=C(O)c4c(O)c(NC(=O)[C@H]5CCCN5)cc(F)c4C[C@H]3C[C@@H]12. The summed E-state index contributed by atoms with van der Waals surface area (Å²) in [7, 11) is 2.98. The number of hydrogen-bond donors (Lipinski definition) is 7. The number of amides is 2. The summed E-state index contributed by atoms with van der Waals surface area (Å²) >= 11 is 0. The lowest BCUT2D eigenvalue weighted by Gasteiger charge is -2.50. The van der Waals surface area contributed by atoms with E-state index in [1.807, 2.05) is 0 Å². The Hall–Kier alpha value is -3.81. The van der Waals surface area contributed by atoms with Gasteiger partial charge in [0.25, 0.3) is 5.91 Å². The predicted octanol–water partition coefficient (Wildman–Crippen LogP) is -0.206. The van der Waals surface area contributed by atoms with Gasteiger partial charge in [-0.15, -0.1) is 0 Å². The molecule has 1 aromatic carbocycles. The van der Waals surface area contributed by atoms with Crippen molar-refractivity contribution in [1.29, 1.82) is 0 Å². The molecule has 13 heteroatoms. The van der Waals surface area contributed by atoms with Crippen molar-refractivity contribution in [3.8, 4) is 5.75 Å². The number of aliphatic hydroxyl groups excluding tert-OH is 2. The quantitative estimate of drug-likeness (QED) is 0.196. The van der Waals surface area contributed by atoms with E-state index in [4.69, 9.17) is 5.73 Å². The van der Waals surface area contributed by atoms with Crippen LogP contribution in [0.25, 0.3) is 5.76 Å². The Morgan fingerprint density at radius 1 is 1.23 bits per heavy atom. The van der Waals surface area contributed by atoms with Gasteiger partial charge in [0.05, 0.1) is 23.3 Å². The molecule has 2 amide bonds. The molecule has 0 aromatic heterocycles. The summed E-state index contributed by atoms with van der Waals surface area (Å²) in [6.45, 7) is 0.627. The Kier molecular flexibility index (Phi) is 6.28. The number of anilines is 1. The molecule has 0 unspecified atom stereocenters. The summed E-state index contributed by atoms with van der Waals surface area (Å²) in [5, 5.41) is 50.1. The molecule has 2 fully saturated rings. The van der Waals surface area contributed by atoms with Crippen LogP contribution in [-0.2, 0) is 25.6 Å². The van der Waals surface area contributed by atoms with Crippen LogP contribution in [0.1, 0.15) is 30.4 Å². The largest absolute Gasteiger partial charge is 0.508 e. The highest BCUT2D eigenvalue weighted by Gasteiger charge is 2.64. The van der Waals surface area contributed by atoms with Crippen LogP contribution in [0, 0.1) is 17.7 Å². The summed E-state index contributed by atoms with van der Waals surface area (Å²) in [4.78, 5) is 52.9. The number of aromatic hydroxyl groups is 1. The molecule has 3 aliphatic carbocycles. The fourth-order valence-electron chi connectivity index (χ4n) is 6.49. The highest BCUT2D eigenvalue weighted by molar-refractivity contribution is 6.24. The van der Waals surface area contributed by atoms with Crippen molar-refractivity contribution < 1.29 is 44.0 Å². The molecule has 4 aliphatic rings. The number of hydrogen-bond acceptors (Lipinski definition) is 10. The number of aliphatic hydroxyl groups is 3. The number of nitrogens with zero attached hydrogens (tertiary/aromatic N) is 1. The first-order valence-corrected chi connectivity index (χ1v) is 12.5. The van der Waals surface area contributed by atoms with Crippen molar-refractivity contribution in [2.75, 3.05) is 26.0 Å². The number of fused-ring (bicyclic) bond motifs is 3. The number of nitrogens with one attached hydrogen (secondary N) is 2. The fourth-order valence-corrected chi connectivity index (χ4v) is 6.49. The molecule has 208 valence electrons. The number of carbonyl (C=O) groups excluding carboxylic acids is 4. The summed E-state index contributed by atoms with van der Waals surface area (Å²) in [5.41, 5.74) is 0.325. The minimum absolute atomic E-state index is 0.116. The second-order valence-electron chi connectivity index (χ2n) is 10.7. The van der Waals surface area contributed by atoms with Crippen LogP contribution in [0.15, 0.2) is 23.0 Å². The number of ketones is 2. The zero-order valence-corrected chi connectivity index (χ0v) is 21.2. The normalized spacial score (nSPS) is 30.3. The molecular formula is C26H29FN4O8. The molecule has 1 saturated heterocycles. The van der Waals surface area contributed by atoms with Crippen LogP contribution < -0.4 is 16.4 Å². The maximum Gasteiger partial charge on any atom is 0.255 e. The van der Waals surface area contributed by atoms with Gasteiger partial charge >= 0.3 is 0 Å². The third-order valence-electron chi connectivity index (χ3n) is 8.30. The van der Waals surface area contributed by atoms with E-state index < -0.39 is 92.7 Å². The second-order valence-corrected chi connectivity index (χ2v) is 10.7. The highest BCUT2D eigenvalue weighted by Crippen LogP contribution is 2.53. The predicted molar refractivity (Wildman–Crippen MR) is 134 cm³/mol. The van der Waals surface area contributed by atoms with E-state index in [1.54, 1.807) is 0 Å². The van der Waals surface area contributed by atoms with Gasteiger partial charge in [0.2, 0.25) is 11.7 Å². The van der Waals surface area contributed by atoms with Crippen LogP contribution in [-0.4, -0.2) is 87.0 Å². The van der Waals surface area contributed by atoms with E-state index in [1.165, 1.54) is 19.0 Å². The highest BCUT2D eigenvalue weighted by atomic mass is 19.1. The number of likely N-dealkylation sites (N-methyl/N-ethyl adjacent to an activating group) is 1. The van der Waals surface area contributed by atoms with Gasteiger partial charge in [-0.1, -0.05) is 0 Å². The van der Waals surface area contributed by atoms with Crippen molar-refractivity contribution in [3.63, 3.8) is 0 Å². The minimum Gasteiger partial charge on any atom is -0.508 e. The van der Waals surface area contributed by atoms with E-state index in [9.17, 15) is 39.6 Å². The van der Waals surface area contributed by atoms with Gasteiger partial charge in [0, 0.05) is 23.1 Å². The van der Waals surface area contributed by atoms with Crippen molar-refractivity contribution in [1.82, 2.24) is 10.2 Å². The molecule has 5 atom stereocenters. The van der Waals surface area contributed by atoms with E-state index >= 15 is 4.39 Å². The van der Waals surface area contributed by atoms with E-state index in [0.29, 0.717) is 13.0 Å². The molecule has 5 rings (SSSR count). The molecule has 1 aliphatic heterocycles. The van der Waals surface area contributed by atoms with Gasteiger partial charge in [0.1, 0.15) is 22.9 Å². The monoisotopic (exact) mass is 544 g/mol. The van der Waals surface area contributed by atoms with Crippen LogP contribution in [0.4, 0.5) is 10.1 Å². The van der Waals surface area contributed by atoms with Gasteiger partial charge < -0.3 is 36.8 Å². The Labute approximate surface area is 222 Å². The second kappa shape index (κ2) is 9.14. The molecular weight excluding hydrogens is 515 g/mol. The molecule has 39 heavy (non-hydrogen) atoms. The number of benzene rings is 1. The Morgan fingerprint density at radius 3 is 2.51 bits per heavy atom. The maximum absolute atomic E-state index is 15.3. The number of halogens is 1. The summed E-state index contributed by atoms with van der Waals surface area (Å²) in [6, 6.07) is -0.845. The van der Waals surface area contributed by atoms with Gasteiger partial charge in [-0.3, -0.25) is 24.1 Å². The third-order valence-corrected chi connectivity index (χ3v) is 8.30. The van der Waals surface area contributed by atoms with E-state index in [-0.39, 0.29) is 24.1 Å². The first-order valence-electron chi connectivity index (χ1n) is 12.5. The number of phenolic OH excluding ortho intramolecular Hbond substituents is 1. The van der Waals surface area contributed by atoms with Crippen molar-refractivity contribution in [2.24, 2.45) is 17.6 Å². The topological polar surface area (TPSA) is 203 Å². The number of carbonyl (C=O) groups is 4. The molecule has 1 saturated carbocycles. The van der Waals surface area contributed by atoms with Crippen LogP contribution in [0.3, 0.4) is 0 Å². The fraction of sp³-hybridized carbons (Fsp3) is 0.462. The number of primary amides is 1. The molecule has 8 N–H and O–H groups in total. The first kappa shape index (κ1) is 26.8. The smallest absolute Gasteiger partial charge is 0.255 e. The Morgan fingerprint density at radius 2 is 1.92 bits per heavy atom. The van der Waals surface area contributed by atoms with E-state index in [0.717, 1.165) is 12.5 Å². The first-order chi connectivity index (χ1) is 18.3. The lowest BCUT2D eigenvalue weighted by molar-refractivity contribution is -0.153. The molecule has 0 bridgehead atoms.